The molecule has 0 aromatic heterocycles. The van der Waals surface area contributed by atoms with Gasteiger partial charge in [-0.05, 0) is 17.9 Å². The summed E-state index contributed by atoms with van der Waals surface area (Å²) in [5, 5.41) is 0. The molecule has 0 bridgehead atoms. The van der Waals surface area contributed by atoms with Crippen molar-refractivity contribution >= 4 is 0 Å². The molecular weight excluding hydrogens is 504 g/mol. The van der Waals surface area contributed by atoms with Crippen LogP contribution in [0.1, 0.15) is 237 Å². The fourth-order valence-electron chi connectivity index (χ4n) is 6.78. The van der Waals surface area contributed by atoms with Gasteiger partial charge in [-0.1, -0.05) is 250 Å². The van der Waals surface area contributed by atoms with E-state index in [4.69, 9.17) is 0 Å². The zero-order chi connectivity index (χ0) is 30.0. The van der Waals surface area contributed by atoms with Gasteiger partial charge in [0.2, 0.25) is 0 Å². The van der Waals surface area contributed by atoms with Gasteiger partial charge < -0.3 is 0 Å². The van der Waals surface area contributed by atoms with E-state index in [1.165, 1.54) is 217 Å². The third-order valence-electron chi connectivity index (χ3n) is 9.86. The largest absolute Gasteiger partial charge is 0.0654 e. The Morgan fingerprint density at radius 3 is 0.833 bits per heavy atom. The summed E-state index contributed by atoms with van der Waals surface area (Å²) in [5.41, 5.74) is 1.51. The van der Waals surface area contributed by atoms with Gasteiger partial charge in [-0.15, -0.1) is 0 Å². The first-order valence-corrected chi connectivity index (χ1v) is 19.9. The normalized spacial score (nSPS) is 12.2. The van der Waals surface area contributed by atoms with Crippen LogP contribution in [0, 0.1) is 0 Å². The Bertz CT molecular complexity index is 604. The molecule has 0 radical (unpaired) electrons. The van der Waals surface area contributed by atoms with Crippen LogP contribution in [0.15, 0.2) is 30.3 Å². The van der Waals surface area contributed by atoms with Crippen LogP contribution in [0.3, 0.4) is 0 Å². The first kappa shape index (κ1) is 39.2. The molecule has 0 aliphatic heterocycles. The summed E-state index contributed by atoms with van der Waals surface area (Å²) >= 11 is 0. The van der Waals surface area contributed by atoms with Gasteiger partial charge >= 0.3 is 0 Å². The highest BCUT2D eigenvalue weighted by atomic mass is 14.1. The van der Waals surface area contributed by atoms with Crippen LogP contribution in [0.25, 0.3) is 0 Å². The van der Waals surface area contributed by atoms with E-state index in [9.17, 15) is 0 Å². The minimum Gasteiger partial charge on any atom is -0.0654 e. The second kappa shape index (κ2) is 33.1. The maximum Gasteiger partial charge on any atom is -0.0190 e. The zero-order valence-electron chi connectivity index (χ0n) is 29.3. The number of hydrogen-bond acceptors (Lipinski definition) is 0. The Hall–Kier alpha value is -0.780. The molecule has 1 aromatic rings. The molecule has 0 heteroatoms. The first-order valence-electron chi connectivity index (χ1n) is 19.9. The number of benzene rings is 1. The minimum absolute atomic E-state index is 0.722. The number of hydrogen-bond donors (Lipinski definition) is 0. The molecule has 42 heavy (non-hydrogen) atoms. The number of rotatable bonds is 34. The Morgan fingerprint density at radius 2 is 0.571 bits per heavy atom. The fraction of sp³-hybridized carbons (Fsp3) is 0.857. The van der Waals surface area contributed by atoms with Crippen LogP contribution < -0.4 is 0 Å². The Morgan fingerprint density at radius 1 is 0.333 bits per heavy atom. The van der Waals surface area contributed by atoms with Gasteiger partial charge in [0.25, 0.3) is 0 Å². The Labute approximate surface area is 267 Å². The molecule has 0 nitrogen and oxygen atoms in total. The van der Waals surface area contributed by atoms with E-state index in [2.05, 4.69) is 44.2 Å². The molecular formula is C42H78. The van der Waals surface area contributed by atoms with Crippen LogP contribution in [-0.4, -0.2) is 0 Å². The molecule has 0 amide bonds. The van der Waals surface area contributed by atoms with Crippen molar-refractivity contribution in [2.24, 2.45) is 0 Å². The third kappa shape index (κ3) is 28.0. The van der Waals surface area contributed by atoms with Crippen LogP contribution in [0.5, 0.6) is 0 Å². The summed E-state index contributed by atoms with van der Waals surface area (Å²) in [5.74, 6) is 0.722. The summed E-state index contributed by atoms with van der Waals surface area (Å²) in [6, 6.07) is 11.0. The van der Waals surface area contributed by atoms with Gasteiger partial charge in [0.05, 0.1) is 0 Å². The Balaban J connectivity index is 1.64. The summed E-state index contributed by atoms with van der Waals surface area (Å²) in [7, 11) is 0. The predicted octanol–water partition coefficient (Wildman–Crippen LogP) is 15.7. The van der Waals surface area contributed by atoms with Crippen LogP contribution in [0.2, 0.25) is 0 Å². The highest BCUT2D eigenvalue weighted by molar-refractivity contribution is 5.18. The van der Waals surface area contributed by atoms with E-state index >= 15 is 0 Å². The van der Waals surface area contributed by atoms with Crippen LogP contribution >= 0.6 is 0 Å². The summed E-state index contributed by atoms with van der Waals surface area (Å²) in [4.78, 5) is 0. The van der Waals surface area contributed by atoms with E-state index in [0.29, 0.717) is 0 Å². The standard InChI is InChI=1S/C42H78/c1-3-4-5-6-7-8-9-10-11-12-13-14-15-16-17-18-19-20-21-22-23-24-25-26-27-28-29-30-31-32-33-35-38-41(2)42-39-36-34-37-40-42/h34,36-37,39-41H,3-33,35,38H2,1-2H3. The molecule has 246 valence electrons. The van der Waals surface area contributed by atoms with Crippen molar-refractivity contribution < 1.29 is 0 Å². The third-order valence-corrected chi connectivity index (χ3v) is 9.86. The summed E-state index contributed by atoms with van der Waals surface area (Å²) in [6.45, 7) is 4.70. The first-order chi connectivity index (χ1) is 20.8. The predicted molar refractivity (Wildman–Crippen MR) is 193 cm³/mol. The summed E-state index contributed by atoms with van der Waals surface area (Å²) < 4.78 is 0. The van der Waals surface area contributed by atoms with Crippen molar-refractivity contribution in [3.63, 3.8) is 0 Å². The van der Waals surface area contributed by atoms with Crippen LogP contribution in [-0.2, 0) is 0 Å². The SMILES string of the molecule is CCCCCCCCCCCCCCCCCCCCCCCCCCCCCCCCCCC(C)c1ccccc1. The molecule has 0 N–H and O–H groups in total. The van der Waals surface area contributed by atoms with Crippen molar-refractivity contribution in [3.8, 4) is 0 Å². The summed E-state index contributed by atoms with van der Waals surface area (Å²) in [6.07, 6.45) is 48.5. The Kier molecular flexibility index (Phi) is 30.9. The molecule has 0 heterocycles. The van der Waals surface area contributed by atoms with Crippen molar-refractivity contribution in [3.05, 3.63) is 35.9 Å². The average Bonchev–Trinajstić information content (AvgIpc) is 3.02. The van der Waals surface area contributed by atoms with Gasteiger partial charge in [0, 0.05) is 0 Å². The van der Waals surface area contributed by atoms with Gasteiger partial charge in [0.15, 0.2) is 0 Å². The van der Waals surface area contributed by atoms with E-state index in [1.807, 2.05) is 0 Å². The quantitative estimate of drug-likeness (QED) is 0.0709. The fourth-order valence-corrected chi connectivity index (χ4v) is 6.78. The molecule has 0 aliphatic carbocycles. The lowest BCUT2D eigenvalue weighted by Crippen LogP contribution is -1.93. The lowest BCUT2D eigenvalue weighted by molar-refractivity contribution is 0.510. The molecule has 0 fully saturated rings. The highest BCUT2D eigenvalue weighted by Crippen LogP contribution is 2.22. The van der Waals surface area contributed by atoms with Crippen molar-refractivity contribution in [2.75, 3.05) is 0 Å². The maximum absolute atomic E-state index is 2.39. The van der Waals surface area contributed by atoms with E-state index < -0.39 is 0 Å². The smallest absolute Gasteiger partial charge is 0.0190 e. The van der Waals surface area contributed by atoms with Gasteiger partial charge in [0.1, 0.15) is 0 Å². The van der Waals surface area contributed by atoms with Gasteiger partial charge in [-0.25, -0.2) is 0 Å². The van der Waals surface area contributed by atoms with Gasteiger partial charge in [-0.3, -0.25) is 0 Å². The monoisotopic (exact) mass is 583 g/mol. The molecule has 1 rings (SSSR count). The van der Waals surface area contributed by atoms with E-state index in [1.54, 1.807) is 0 Å². The molecule has 1 atom stereocenters. The lowest BCUT2D eigenvalue weighted by atomic mass is 9.95. The molecule has 0 aliphatic rings. The second-order valence-corrected chi connectivity index (χ2v) is 14.1. The van der Waals surface area contributed by atoms with Crippen LogP contribution in [0.4, 0.5) is 0 Å². The minimum atomic E-state index is 0.722. The van der Waals surface area contributed by atoms with Crippen molar-refractivity contribution in [1.82, 2.24) is 0 Å². The molecule has 1 aromatic carbocycles. The van der Waals surface area contributed by atoms with E-state index in [0.717, 1.165) is 5.92 Å². The topological polar surface area (TPSA) is 0 Å². The van der Waals surface area contributed by atoms with Crippen molar-refractivity contribution in [1.29, 1.82) is 0 Å². The number of unbranched alkanes of at least 4 members (excludes halogenated alkanes) is 31. The second-order valence-electron chi connectivity index (χ2n) is 14.1. The molecule has 0 saturated carbocycles. The van der Waals surface area contributed by atoms with E-state index in [-0.39, 0.29) is 0 Å². The van der Waals surface area contributed by atoms with Gasteiger partial charge in [-0.2, -0.15) is 0 Å². The lowest BCUT2D eigenvalue weighted by Gasteiger charge is -2.11. The molecule has 1 unspecified atom stereocenters. The zero-order valence-corrected chi connectivity index (χ0v) is 29.3. The molecule has 0 spiro atoms. The maximum atomic E-state index is 2.39. The van der Waals surface area contributed by atoms with Crippen molar-refractivity contribution in [2.45, 2.75) is 232 Å². The molecule has 0 saturated heterocycles. The average molecular weight is 583 g/mol. The highest BCUT2D eigenvalue weighted by Gasteiger charge is 2.04.